The van der Waals surface area contributed by atoms with E-state index in [0.717, 1.165) is 28.3 Å². The summed E-state index contributed by atoms with van der Waals surface area (Å²) in [7, 11) is 0. The van der Waals surface area contributed by atoms with Crippen LogP contribution in [0.5, 0.6) is 11.5 Å². The van der Waals surface area contributed by atoms with Crippen LogP contribution in [0.4, 0.5) is 0 Å². The molecular weight excluding hydrogens is 442 g/mol. The van der Waals surface area contributed by atoms with E-state index in [1.165, 1.54) is 5.69 Å². The Hall–Kier alpha value is -3.25. The second-order valence-corrected chi connectivity index (χ2v) is 8.85. The number of aromatic nitrogens is 1. The molecule has 0 bridgehead atoms. The molecule has 2 atom stereocenters. The van der Waals surface area contributed by atoms with Crippen molar-refractivity contribution in [2.24, 2.45) is 0 Å². The third kappa shape index (κ3) is 6.89. The van der Waals surface area contributed by atoms with E-state index >= 15 is 0 Å². The first-order valence-electron chi connectivity index (χ1n) is 12.3. The van der Waals surface area contributed by atoms with Gasteiger partial charge in [0.05, 0.1) is 12.6 Å². The van der Waals surface area contributed by atoms with Crippen molar-refractivity contribution in [2.75, 3.05) is 13.2 Å². The molecule has 188 valence electrons. The summed E-state index contributed by atoms with van der Waals surface area (Å²) in [5.74, 6) is 0.489. The summed E-state index contributed by atoms with van der Waals surface area (Å²) in [4.78, 5) is 11.6. The Labute approximate surface area is 208 Å². The van der Waals surface area contributed by atoms with Gasteiger partial charge in [0, 0.05) is 23.9 Å². The van der Waals surface area contributed by atoms with E-state index in [1.54, 1.807) is 0 Å². The molecule has 0 aliphatic heterocycles. The largest absolute Gasteiger partial charge is 0.492 e. The Kier molecular flexibility index (Phi) is 9.38. The lowest BCUT2D eigenvalue weighted by molar-refractivity contribution is -0.151. The molecule has 0 radical (unpaired) electrons. The number of benzene rings is 2. The molecular formula is C29H37NO5. The molecule has 35 heavy (non-hydrogen) atoms. The van der Waals surface area contributed by atoms with Crippen molar-refractivity contribution in [1.82, 2.24) is 4.57 Å². The zero-order valence-corrected chi connectivity index (χ0v) is 21.4. The number of carboxylic acids is 1. The number of nitrogens with zero attached hydrogens (tertiary/aromatic N) is 1. The number of aryl methyl sites for hydroxylation is 1. The molecule has 0 aliphatic carbocycles. The molecule has 0 aliphatic rings. The van der Waals surface area contributed by atoms with Gasteiger partial charge in [0.1, 0.15) is 18.1 Å². The molecule has 6 heteroatoms. The standard InChI is InChI=1S/C29H37NO5/c1-6-26(28(29(31)32)33-7-2)22-9-13-24(14-10-22)34-19-18-30-21(5)8-17-27(30)23-11-15-25(16-12-23)35-20(3)4/h8-17,20,26,28H,6-7,18-19H2,1-5H3,(H,31,32). The first-order chi connectivity index (χ1) is 16.8. The van der Waals surface area contributed by atoms with Crippen LogP contribution < -0.4 is 9.47 Å². The molecule has 3 rings (SSSR count). The highest BCUT2D eigenvalue weighted by molar-refractivity contribution is 5.73. The second kappa shape index (κ2) is 12.5. The minimum Gasteiger partial charge on any atom is -0.492 e. The number of carboxylic acid groups (broad SMARTS) is 1. The van der Waals surface area contributed by atoms with Gasteiger partial charge in [0.25, 0.3) is 0 Å². The van der Waals surface area contributed by atoms with Crippen LogP contribution in [0, 0.1) is 6.92 Å². The number of hydrogen-bond acceptors (Lipinski definition) is 4. The van der Waals surface area contributed by atoms with E-state index in [4.69, 9.17) is 14.2 Å². The molecule has 6 nitrogen and oxygen atoms in total. The molecule has 1 aromatic heterocycles. The van der Waals surface area contributed by atoms with Crippen molar-refractivity contribution in [3.05, 3.63) is 71.9 Å². The third-order valence-electron chi connectivity index (χ3n) is 6.01. The topological polar surface area (TPSA) is 69.9 Å². The highest BCUT2D eigenvalue weighted by Crippen LogP contribution is 2.28. The maximum Gasteiger partial charge on any atom is 0.333 e. The Morgan fingerprint density at radius 2 is 1.60 bits per heavy atom. The van der Waals surface area contributed by atoms with E-state index in [0.29, 0.717) is 26.2 Å². The van der Waals surface area contributed by atoms with Gasteiger partial charge in [-0.3, -0.25) is 0 Å². The van der Waals surface area contributed by atoms with Crippen LogP contribution in [0.25, 0.3) is 11.3 Å². The maximum absolute atomic E-state index is 11.6. The third-order valence-corrected chi connectivity index (χ3v) is 6.01. The monoisotopic (exact) mass is 479 g/mol. The quantitative estimate of drug-likeness (QED) is 0.311. The fourth-order valence-corrected chi connectivity index (χ4v) is 4.32. The Bertz CT molecular complexity index is 1070. The molecule has 0 saturated heterocycles. The predicted octanol–water partition coefficient (Wildman–Crippen LogP) is 6.31. The Morgan fingerprint density at radius 3 is 2.17 bits per heavy atom. The van der Waals surface area contributed by atoms with Crippen molar-refractivity contribution in [3.8, 4) is 22.8 Å². The summed E-state index contributed by atoms with van der Waals surface area (Å²) >= 11 is 0. The van der Waals surface area contributed by atoms with E-state index < -0.39 is 12.1 Å². The average Bonchev–Trinajstić information content (AvgIpc) is 3.20. The van der Waals surface area contributed by atoms with Crippen LogP contribution in [0.2, 0.25) is 0 Å². The lowest BCUT2D eigenvalue weighted by Crippen LogP contribution is -2.30. The number of carbonyl (C=O) groups is 1. The van der Waals surface area contributed by atoms with Crippen LogP contribution in [-0.4, -0.2) is 41.1 Å². The highest BCUT2D eigenvalue weighted by atomic mass is 16.5. The summed E-state index contributed by atoms with van der Waals surface area (Å²) in [5.41, 5.74) is 4.38. The lowest BCUT2D eigenvalue weighted by Gasteiger charge is -2.23. The zero-order valence-electron chi connectivity index (χ0n) is 21.4. The summed E-state index contributed by atoms with van der Waals surface area (Å²) in [6, 6.07) is 20.1. The van der Waals surface area contributed by atoms with Crippen LogP contribution >= 0.6 is 0 Å². The van der Waals surface area contributed by atoms with Crippen molar-refractivity contribution in [3.63, 3.8) is 0 Å². The fourth-order valence-electron chi connectivity index (χ4n) is 4.32. The minimum atomic E-state index is -0.931. The number of ether oxygens (including phenoxy) is 3. The normalized spacial score (nSPS) is 13.0. The van der Waals surface area contributed by atoms with Crippen LogP contribution in [0.3, 0.4) is 0 Å². The second-order valence-electron chi connectivity index (χ2n) is 8.85. The van der Waals surface area contributed by atoms with Crippen LogP contribution in [0.1, 0.15) is 51.3 Å². The predicted molar refractivity (Wildman–Crippen MR) is 138 cm³/mol. The zero-order chi connectivity index (χ0) is 25.4. The van der Waals surface area contributed by atoms with Crippen LogP contribution in [-0.2, 0) is 16.1 Å². The molecule has 3 aromatic rings. The van der Waals surface area contributed by atoms with Crippen molar-refractivity contribution in [1.29, 1.82) is 0 Å². The van der Waals surface area contributed by atoms with Gasteiger partial charge >= 0.3 is 5.97 Å². The summed E-state index contributed by atoms with van der Waals surface area (Å²) in [5, 5.41) is 9.55. The molecule has 1 N–H and O–H groups in total. The summed E-state index contributed by atoms with van der Waals surface area (Å²) in [6.45, 7) is 11.5. The van der Waals surface area contributed by atoms with Gasteiger partial charge in [-0.05, 0) is 93.8 Å². The van der Waals surface area contributed by atoms with Gasteiger partial charge in [-0.25, -0.2) is 4.79 Å². The molecule has 1 heterocycles. The minimum absolute atomic E-state index is 0.147. The fraction of sp³-hybridized carbons (Fsp3) is 0.414. The van der Waals surface area contributed by atoms with Crippen molar-refractivity contribution in [2.45, 2.75) is 65.7 Å². The lowest BCUT2D eigenvalue weighted by atomic mass is 9.91. The number of aliphatic carboxylic acids is 1. The van der Waals surface area contributed by atoms with Gasteiger partial charge in [-0.15, -0.1) is 0 Å². The molecule has 0 spiro atoms. The number of rotatable bonds is 13. The SMILES string of the molecule is CCOC(C(=O)O)C(CC)c1ccc(OCCn2c(C)ccc2-c2ccc(OC(C)C)cc2)cc1. The summed E-state index contributed by atoms with van der Waals surface area (Å²) < 4.78 is 19.5. The molecule has 0 saturated carbocycles. The Morgan fingerprint density at radius 1 is 0.943 bits per heavy atom. The average molecular weight is 480 g/mol. The maximum atomic E-state index is 11.6. The highest BCUT2D eigenvalue weighted by Gasteiger charge is 2.28. The van der Waals surface area contributed by atoms with E-state index in [9.17, 15) is 9.90 Å². The molecule has 0 amide bonds. The van der Waals surface area contributed by atoms with E-state index in [-0.39, 0.29) is 12.0 Å². The molecule has 0 fully saturated rings. The summed E-state index contributed by atoms with van der Waals surface area (Å²) in [6.07, 6.45) is -0.0237. The first kappa shape index (κ1) is 26.4. The number of hydrogen-bond donors (Lipinski definition) is 1. The van der Waals surface area contributed by atoms with E-state index in [2.05, 4.69) is 35.8 Å². The first-order valence-corrected chi connectivity index (χ1v) is 12.3. The molecule has 2 aromatic carbocycles. The van der Waals surface area contributed by atoms with Crippen LogP contribution in [0.15, 0.2) is 60.7 Å². The van der Waals surface area contributed by atoms with Crippen molar-refractivity contribution < 1.29 is 24.1 Å². The molecule has 2 unspecified atom stereocenters. The van der Waals surface area contributed by atoms with Gasteiger partial charge in [0.2, 0.25) is 0 Å². The van der Waals surface area contributed by atoms with Gasteiger partial charge in [-0.2, -0.15) is 0 Å². The van der Waals surface area contributed by atoms with Gasteiger partial charge < -0.3 is 23.9 Å². The van der Waals surface area contributed by atoms with Crippen molar-refractivity contribution >= 4 is 5.97 Å². The smallest absolute Gasteiger partial charge is 0.333 e. The Balaban J connectivity index is 1.64. The van der Waals surface area contributed by atoms with Gasteiger partial charge in [-0.1, -0.05) is 19.1 Å². The van der Waals surface area contributed by atoms with E-state index in [1.807, 2.05) is 64.1 Å². The van der Waals surface area contributed by atoms with Gasteiger partial charge in [0.15, 0.2) is 6.10 Å².